The molecule has 1 aliphatic carbocycles. The Labute approximate surface area is 218 Å². The summed E-state index contributed by atoms with van der Waals surface area (Å²) >= 11 is 0. The molecule has 8 nitrogen and oxygen atoms in total. The fourth-order valence-corrected chi connectivity index (χ4v) is 5.21. The van der Waals surface area contributed by atoms with Crippen LogP contribution in [-0.2, 0) is 14.3 Å². The van der Waals surface area contributed by atoms with Crippen LogP contribution in [0.25, 0.3) is 0 Å². The fraction of sp³-hybridized carbons (Fsp3) is 0.483. The predicted molar refractivity (Wildman–Crippen MR) is 143 cm³/mol. The molecule has 2 heterocycles. The van der Waals surface area contributed by atoms with Gasteiger partial charge in [-0.25, -0.2) is 0 Å². The minimum Gasteiger partial charge on any atom is -0.378 e. The second-order valence-corrected chi connectivity index (χ2v) is 10.1. The summed E-state index contributed by atoms with van der Waals surface area (Å²) in [6.45, 7) is 6.72. The lowest BCUT2D eigenvalue weighted by Gasteiger charge is -2.38. The zero-order chi connectivity index (χ0) is 25.8. The van der Waals surface area contributed by atoms with Gasteiger partial charge in [-0.1, -0.05) is 37.3 Å². The molecular formula is C29H36N4O4. The van der Waals surface area contributed by atoms with E-state index in [0.29, 0.717) is 63.7 Å². The van der Waals surface area contributed by atoms with Gasteiger partial charge in [0.15, 0.2) is 0 Å². The minimum atomic E-state index is -0.138. The van der Waals surface area contributed by atoms with Crippen LogP contribution in [0.4, 0.5) is 11.4 Å². The van der Waals surface area contributed by atoms with Gasteiger partial charge >= 0.3 is 0 Å². The summed E-state index contributed by atoms with van der Waals surface area (Å²) in [6, 6.07) is 15.6. The van der Waals surface area contributed by atoms with Gasteiger partial charge in [-0.3, -0.25) is 14.4 Å². The molecular weight excluding hydrogens is 468 g/mol. The lowest BCUT2D eigenvalue weighted by atomic mass is 9.94. The molecule has 196 valence electrons. The molecule has 2 aromatic carbocycles. The first kappa shape index (κ1) is 25.3. The number of carbonyl (C=O) groups excluding carboxylic acids is 3. The van der Waals surface area contributed by atoms with E-state index in [-0.39, 0.29) is 29.6 Å². The Morgan fingerprint density at radius 2 is 1.62 bits per heavy atom. The van der Waals surface area contributed by atoms with Crippen molar-refractivity contribution >= 4 is 29.1 Å². The van der Waals surface area contributed by atoms with Crippen LogP contribution in [0.15, 0.2) is 48.5 Å². The van der Waals surface area contributed by atoms with Gasteiger partial charge in [-0.05, 0) is 43.0 Å². The van der Waals surface area contributed by atoms with Gasteiger partial charge in [-0.2, -0.15) is 0 Å². The number of carbonyl (C=O) groups is 3. The van der Waals surface area contributed by atoms with Gasteiger partial charge in [0.05, 0.1) is 24.7 Å². The Hall–Kier alpha value is -3.39. The topological polar surface area (TPSA) is 82.2 Å². The number of hydrogen-bond donors (Lipinski definition) is 1. The molecule has 8 heteroatoms. The van der Waals surface area contributed by atoms with Crippen LogP contribution in [-0.4, -0.2) is 80.0 Å². The molecule has 0 radical (unpaired) electrons. The predicted octanol–water partition coefficient (Wildman–Crippen LogP) is 3.35. The standard InChI is InChI=1S/C29H36N4O4/c1-2-24(21-6-4-3-5-7-21)28(35)32-14-12-31(13-15-32)26-11-10-23(30-27(34)22-8-9-22)20-25(26)29(36)33-16-18-37-19-17-33/h3-7,10-11,20,22,24H,2,8-9,12-19H2,1H3,(H,30,34)/t24-/m1/s1. The number of nitrogens with zero attached hydrogens (tertiary/aromatic N) is 3. The quantitative estimate of drug-likeness (QED) is 0.626. The summed E-state index contributed by atoms with van der Waals surface area (Å²) in [4.78, 5) is 45.2. The minimum absolute atomic E-state index is 0.0218. The number of anilines is 2. The van der Waals surface area contributed by atoms with Gasteiger partial charge in [0.1, 0.15) is 0 Å². The molecule has 3 aliphatic rings. The van der Waals surface area contributed by atoms with E-state index in [1.807, 2.05) is 58.3 Å². The van der Waals surface area contributed by atoms with Crippen molar-refractivity contribution in [3.63, 3.8) is 0 Å². The number of piperazine rings is 1. The molecule has 2 aromatic rings. The molecule has 2 aliphatic heterocycles. The smallest absolute Gasteiger partial charge is 0.256 e. The third-order valence-electron chi connectivity index (χ3n) is 7.58. The highest BCUT2D eigenvalue weighted by Crippen LogP contribution is 2.32. The van der Waals surface area contributed by atoms with E-state index in [4.69, 9.17) is 4.74 Å². The SMILES string of the molecule is CC[C@@H](C(=O)N1CCN(c2ccc(NC(=O)C3CC3)cc2C(=O)N2CCOCC2)CC1)c1ccccc1. The number of benzene rings is 2. The molecule has 1 saturated carbocycles. The Kier molecular flexibility index (Phi) is 7.74. The van der Waals surface area contributed by atoms with Crippen LogP contribution in [0.2, 0.25) is 0 Å². The van der Waals surface area contributed by atoms with Crippen molar-refractivity contribution in [3.8, 4) is 0 Å². The van der Waals surface area contributed by atoms with E-state index in [2.05, 4.69) is 17.1 Å². The third-order valence-corrected chi connectivity index (χ3v) is 7.58. The first-order valence-electron chi connectivity index (χ1n) is 13.5. The largest absolute Gasteiger partial charge is 0.378 e. The Bertz CT molecular complexity index is 1120. The van der Waals surface area contributed by atoms with Crippen LogP contribution < -0.4 is 10.2 Å². The van der Waals surface area contributed by atoms with Crippen molar-refractivity contribution in [3.05, 3.63) is 59.7 Å². The van der Waals surface area contributed by atoms with E-state index in [0.717, 1.165) is 30.5 Å². The van der Waals surface area contributed by atoms with Crippen LogP contribution in [0, 0.1) is 5.92 Å². The monoisotopic (exact) mass is 504 g/mol. The van der Waals surface area contributed by atoms with Gasteiger partial charge in [0, 0.05) is 56.6 Å². The lowest BCUT2D eigenvalue weighted by molar-refractivity contribution is -0.133. The fourth-order valence-electron chi connectivity index (χ4n) is 5.21. The van der Waals surface area contributed by atoms with E-state index in [1.54, 1.807) is 0 Å². The molecule has 0 unspecified atom stereocenters. The molecule has 0 spiro atoms. The lowest BCUT2D eigenvalue weighted by Crippen LogP contribution is -2.50. The molecule has 2 saturated heterocycles. The Morgan fingerprint density at radius 1 is 0.919 bits per heavy atom. The molecule has 3 fully saturated rings. The molecule has 37 heavy (non-hydrogen) atoms. The third kappa shape index (κ3) is 5.80. The van der Waals surface area contributed by atoms with Crippen LogP contribution in [0.1, 0.15) is 48.0 Å². The molecule has 0 aromatic heterocycles. The highest BCUT2D eigenvalue weighted by molar-refractivity contribution is 6.02. The normalized spacial score (nSPS) is 18.9. The highest BCUT2D eigenvalue weighted by Gasteiger charge is 2.32. The van der Waals surface area contributed by atoms with E-state index < -0.39 is 0 Å². The number of rotatable bonds is 7. The molecule has 3 amide bonds. The zero-order valence-electron chi connectivity index (χ0n) is 21.5. The average molecular weight is 505 g/mol. The van der Waals surface area contributed by atoms with E-state index in [9.17, 15) is 14.4 Å². The summed E-state index contributed by atoms with van der Waals surface area (Å²) in [5, 5.41) is 2.98. The molecule has 1 atom stereocenters. The maximum atomic E-state index is 13.6. The second kappa shape index (κ2) is 11.3. The molecule has 0 bridgehead atoms. The van der Waals surface area contributed by atoms with E-state index >= 15 is 0 Å². The van der Waals surface area contributed by atoms with Crippen LogP contribution in [0.3, 0.4) is 0 Å². The molecule has 5 rings (SSSR count). The van der Waals surface area contributed by atoms with Crippen molar-refractivity contribution in [2.24, 2.45) is 5.92 Å². The maximum Gasteiger partial charge on any atom is 0.256 e. The summed E-state index contributed by atoms with van der Waals surface area (Å²) in [7, 11) is 0. The Morgan fingerprint density at radius 3 is 2.27 bits per heavy atom. The first-order chi connectivity index (χ1) is 18.0. The van der Waals surface area contributed by atoms with E-state index in [1.165, 1.54) is 0 Å². The van der Waals surface area contributed by atoms with Gasteiger partial charge in [0.25, 0.3) is 5.91 Å². The second-order valence-electron chi connectivity index (χ2n) is 10.1. The number of morpholine rings is 1. The number of nitrogens with one attached hydrogen (secondary N) is 1. The number of hydrogen-bond acceptors (Lipinski definition) is 5. The van der Waals surface area contributed by atoms with Gasteiger partial charge < -0.3 is 24.8 Å². The van der Waals surface area contributed by atoms with Crippen LogP contribution in [0.5, 0.6) is 0 Å². The van der Waals surface area contributed by atoms with Crippen molar-refractivity contribution in [1.82, 2.24) is 9.80 Å². The summed E-state index contributed by atoms with van der Waals surface area (Å²) in [5.74, 6) is 0.0891. The first-order valence-corrected chi connectivity index (χ1v) is 13.5. The summed E-state index contributed by atoms with van der Waals surface area (Å²) in [5.41, 5.74) is 3.15. The average Bonchev–Trinajstić information content (AvgIpc) is 3.80. The summed E-state index contributed by atoms with van der Waals surface area (Å²) < 4.78 is 5.44. The molecule has 1 N–H and O–H groups in total. The number of amides is 3. The highest BCUT2D eigenvalue weighted by atomic mass is 16.5. The van der Waals surface area contributed by atoms with Crippen molar-refractivity contribution in [2.45, 2.75) is 32.1 Å². The number of ether oxygens (including phenoxy) is 1. The van der Waals surface area contributed by atoms with Gasteiger partial charge in [-0.15, -0.1) is 0 Å². The Balaban J connectivity index is 1.32. The van der Waals surface area contributed by atoms with Gasteiger partial charge in [0.2, 0.25) is 11.8 Å². The van der Waals surface area contributed by atoms with Crippen molar-refractivity contribution < 1.29 is 19.1 Å². The van der Waals surface area contributed by atoms with Crippen molar-refractivity contribution in [1.29, 1.82) is 0 Å². The van der Waals surface area contributed by atoms with Crippen molar-refractivity contribution in [2.75, 3.05) is 62.7 Å². The zero-order valence-corrected chi connectivity index (χ0v) is 21.5. The maximum absolute atomic E-state index is 13.6. The van der Waals surface area contributed by atoms with Crippen LogP contribution >= 0.6 is 0 Å². The summed E-state index contributed by atoms with van der Waals surface area (Å²) in [6.07, 6.45) is 2.61.